The first kappa shape index (κ1) is 22.6. The van der Waals surface area contributed by atoms with Crippen molar-refractivity contribution in [3.63, 3.8) is 0 Å². The van der Waals surface area contributed by atoms with Crippen molar-refractivity contribution in [2.24, 2.45) is 0 Å². The molecule has 0 aliphatic rings. The molecule has 0 bridgehead atoms. The summed E-state index contributed by atoms with van der Waals surface area (Å²) in [5, 5.41) is -0.606. The Hall–Kier alpha value is -1.72. The van der Waals surface area contributed by atoms with E-state index in [1.807, 2.05) is 0 Å². The maximum absolute atomic E-state index is 13.0. The molecule has 2 rings (SSSR count). The van der Waals surface area contributed by atoms with E-state index in [9.17, 15) is 30.4 Å². The number of hydrogen-bond donors (Lipinski definition) is 0. The number of nitrogens with zero attached hydrogens (tertiary/aromatic N) is 2. The lowest BCUT2D eigenvalue weighted by Crippen LogP contribution is -2.41. The Morgan fingerprint density at radius 3 is 2.21 bits per heavy atom. The molecule has 28 heavy (non-hydrogen) atoms. The van der Waals surface area contributed by atoms with Gasteiger partial charge in [-0.25, -0.2) is 18.4 Å². The third kappa shape index (κ3) is 4.81. The van der Waals surface area contributed by atoms with Crippen LogP contribution in [0.5, 0.6) is 5.75 Å². The third-order valence-corrected chi connectivity index (χ3v) is 5.66. The summed E-state index contributed by atoms with van der Waals surface area (Å²) in [4.78, 5) is 7.49. The molecule has 0 unspecified atom stereocenters. The maximum Gasteiger partial charge on any atom is 0.456 e. The molecule has 0 aliphatic carbocycles. The molecule has 0 N–H and O–H groups in total. The van der Waals surface area contributed by atoms with Crippen LogP contribution in [-0.2, 0) is 9.84 Å². The van der Waals surface area contributed by atoms with E-state index in [4.69, 9.17) is 23.2 Å². The summed E-state index contributed by atoms with van der Waals surface area (Å²) in [6, 6.07) is 4.56. The maximum atomic E-state index is 13.0. The molecule has 2 aromatic heterocycles. The first-order valence-electron chi connectivity index (χ1n) is 7.42. The monoisotopic (exact) mass is 464 g/mol. The molecule has 0 amide bonds. The normalized spacial score (nSPS) is 12.9. The number of sulfone groups is 1. The SMILES string of the molecule is CCS(=O)(=O)c1ccc(Cl)nc1-c1ccc(OCC(F)(F)C(F)(F)F)c(Cl)n1. The second kappa shape index (κ2) is 7.96. The molecular formula is C15H11Cl2F5N2O3S. The van der Waals surface area contributed by atoms with Crippen molar-refractivity contribution >= 4 is 33.0 Å². The lowest BCUT2D eigenvalue weighted by atomic mass is 10.2. The molecule has 5 nitrogen and oxygen atoms in total. The highest BCUT2D eigenvalue weighted by molar-refractivity contribution is 7.91. The van der Waals surface area contributed by atoms with Crippen LogP contribution in [0.4, 0.5) is 22.0 Å². The standard InChI is InChI=1S/C15H11Cl2F5N2O3S/c1-2-28(25,26)10-5-6-11(16)24-12(10)8-3-4-9(13(17)23-8)27-7-14(18,19)15(20,21)22/h3-6H,2,7H2,1H3. The predicted octanol–water partition coefficient (Wildman–Crippen LogP) is 4.82. The lowest BCUT2D eigenvalue weighted by Gasteiger charge is -2.20. The van der Waals surface area contributed by atoms with E-state index >= 15 is 0 Å². The zero-order valence-corrected chi connectivity index (χ0v) is 16.2. The van der Waals surface area contributed by atoms with Gasteiger partial charge < -0.3 is 4.74 Å². The largest absolute Gasteiger partial charge is 0.484 e. The van der Waals surface area contributed by atoms with E-state index in [0.29, 0.717) is 0 Å². The summed E-state index contributed by atoms with van der Waals surface area (Å²) < 4.78 is 91.3. The van der Waals surface area contributed by atoms with Gasteiger partial charge in [0.05, 0.1) is 16.3 Å². The Morgan fingerprint density at radius 2 is 1.68 bits per heavy atom. The van der Waals surface area contributed by atoms with E-state index in [1.54, 1.807) is 0 Å². The van der Waals surface area contributed by atoms with Crippen LogP contribution in [0.2, 0.25) is 10.3 Å². The summed E-state index contributed by atoms with van der Waals surface area (Å²) >= 11 is 11.6. The number of aromatic nitrogens is 2. The fourth-order valence-corrected chi connectivity index (χ4v) is 3.31. The van der Waals surface area contributed by atoms with Gasteiger partial charge in [-0.15, -0.1) is 0 Å². The van der Waals surface area contributed by atoms with Crippen LogP contribution in [0.1, 0.15) is 6.92 Å². The minimum absolute atomic E-state index is 0.0480. The molecule has 0 saturated carbocycles. The molecule has 0 fully saturated rings. The Kier molecular flexibility index (Phi) is 6.41. The topological polar surface area (TPSA) is 69.2 Å². The van der Waals surface area contributed by atoms with Crippen LogP contribution in [-0.4, -0.2) is 42.8 Å². The van der Waals surface area contributed by atoms with Crippen LogP contribution in [0.25, 0.3) is 11.4 Å². The molecule has 0 spiro atoms. The van der Waals surface area contributed by atoms with Crippen molar-refractivity contribution in [2.45, 2.75) is 23.9 Å². The quantitative estimate of drug-likeness (QED) is 0.452. The van der Waals surface area contributed by atoms with Crippen LogP contribution in [0, 0.1) is 0 Å². The smallest absolute Gasteiger partial charge is 0.456 e. The van der Waals surface area contributed by atoms with Gasteiger partial charge in [-0.3, -0.25) is 0 Å². The van der Waals surface area contributed by atoms with Gasteiger partial charge in [0.15, 0.2) is 27.3 Å². The summed E-state index contributed by atoms with van der Waals surface area (Å²) in [5.74, 6) is -5.88. The fraction of sp³-hybridized carbons (Fsp3) is 0.333. The average molecular weight is 465 g/mol. The number of pyridine rings is 2. The van der Waals surface area contributed by atoms with Crippen molar-refractivity contribution in [1.82, 2.24) is 9.97 Å². The van der Waals surface area contributed by atoms with Crippen LogP contribution in [0.15, 0.2) is 29.2 Å². The molecule has 0 atom stereocenters. The van der Waals surface area contributed by atoms with Crippen LogP contribution < -0.4 is 4.74 Å². The number of rotatable bonds is 6. The number of ether oxygens (including phenoxy) is 1. The Bertz CT molecular complexity index is 984. The van der Waals surface area contributed by atoms with Gasteiger partial charge in [0.25, 0.3) is 0 Å². The molecule has 0 aromatic carbocycles. The van der Waals surface area contributed by atoms with E-state index in [-0.39, 0.29) is 27.2 Å². The zero-order chi connectivity index (χ0) is 21.3. The van der Waals surface area contributed by atoms with Gasteiger partial charge in [0, 0.05) is 0 Å². The van der Waals surface area contributed by atoms with Gasteiger partial charge in [-0.2, -0.15) is 22.0 Å². The molecule has 13 heteroatoms. The molecule has 0 saturated heterocycles. The zero-order valence-electron chi connectivity index (χ0n) is 13.9. The number of halogens is 7. The second-order valence-electron chi connectivity index (χ2n) is 5.36. The molecule has 0 radical (unpaired) electrons. The van der Waals surface area contributed by atoms with E-state index in [2.05, 4.69) is 14.7 Å². The molecule has 0 aliphatic heterocycles. The third-order valence-electron chi connectivity index (χ3n) is 3.42. The number of alkyl halides is 5. The summed E-state index contributed by atoms with van der Waals surface area (Å²) in [6.45, 7) is -0.589. The minimum atomic E-state index is -5.79. The lowest BCUT2D eigenvalue weighted by molar-refractivity contribution is -0.290. The van der Waals surface area contributed by atoms with Gasteiger partial charge in [-0.1, -0.05) is 30.1 Å². The Labute approximate surface area is 166 Å². The van der Waals surface area contributed by atoms with Crippen molar-refractivity contribution in [1.29, 1.82) is 0 Å². The highest BCUT2D eigenvalue weighted by atomic mass is 35.5. The van der Waals surface area contributed by atoms with Gasteiger partial charge in [0.1, 0.15) is 10.8 Å². The first-order valence-corrected chi connectivity index (χ1v) is 9.83. The fourth-order valence-electron chi connectivity index (χ4n) is 1.92. The molecule has 2 heterocycles. The Balaban J connectivity index is 2.40. The highest BCUT2D eigenvalue weighted by Crippen LogP contribution is 2.37. The van der Waals surface area contributed by atoms with E-state index in [1.165, 1.54) is 19.1 Å². The van der Waals surface area contributed by atoms with E-state index in [0.717, 1.165) is 12.1 Å². The number of hydrogen-bond acceptors (Lipinski definition) is 5. The summed E-state index contributed by atoms with van der Waals surface area (Å²) in [7, 11) is -3.72. The molecule has 2 aromatic rings. The van der Waals surface area contributed by atoms with Gasteiger partial charge >= 0.3 is 12.1 Å². The highest BCUT2D eigenvalue weighted by Gasteiger charge is 2.58. The summed E-state index contributed by atoms with van der Waals surface area (Å²) in [5.41, 5.74) is -0.238. The predicted molar refractivity (Wildman–Crippen MR) is 91.7 cm³/mol. The molecule has 154 valence electrons. The van der Waals surface area contributed by atoms with Crippen molar-refractivity contribution in [3.05, 3.63) is 34.6 Å². The van der Waals surface area contributed by atoms with Crippen molar-refractivity contribution < 1.29 is 35.1 Å². The van der Waals surface area contributed by atoms with Crippen LogP contribution >= 0.6 is 23.2 Å². The summed E-state index contributed by atoms with van der Waals surface area (Å²) in [6.07, 6.45) is -5.79. The molecular weight excluding hydrogens is 454 g/mol. The first-order chi connectivity index (χ1) is 12.8. The average Bonchev–Trinajstić information content (AvgIpc) is 2.59. The van der Waals surface area contributed by atoms with Crippen molar-refractivity contribution in [2.75, 3.05) is 12.4 Å². The van der Waals surface area contributed by atoms with Crippen molar-refractivity contribution in [3.8, 4) is 17.1 Å². The van der Waals surface area contributed by atoms with E-state index < -0.39 is 39.4 Å². The Morgan fingerprint density at radius 1 is 1.04 bits per heavy atom. The van der Waals surface area contributed by atoms with Gasteiger partial charge in [-0.05, 0) is 24.3 Å². The second-order valence-corrected chi connectivity index (χ2v) is 8.35. The van der Waals surface area contributed by atoms with Gasteiger partial charge in [0.2, 0.25) is 0 Å². The minimum Gasteiger partial charge on any atom is -0.484 e. The van der Waals surface area contributed by atoms with Crippen LogP contribution in [0.3, 0.4) is 0 Å².